The van der Waals surface area contributed by atoms with Crippen LogP contribution < -0.4 is 15.1 Å². The molecular weight excluding hydrogens is 293 g/mol. The first-order chi connectivity index (χ1) is 11.1. The summed E-state index contributed by atoms with van der Waals surface area (Å²) in [6, 6.07) is 4.68. The van der Waals surface area contributed by atoms with E-state index in [1.54, 1.807) is 6.07 Å². The summed E-state index contributed by atoms with van der Waals surface area (Å²) >= 11 is 0. The van der Waals surface area contributed by atoms with Gasteiger partial charge < -0.3 is 15.1 Å². The molecule has 1 N–H and O–H groups in total. The van der Waals surface area contributed by atoms with Crippen molar-refractivity contribution in [3.8, 4) is 0 Å². The number of piperidine rings is 1. The number of benzene rings is 1. The highest BCUT2D eigenvalue weighted by Gasteiger charge is 2.28. The van der Waals surface area contributed by atoms with E-state index >= 15 is 0 Å². The third kappa shape index (κ3) is 3.50. The molecule has 3 rings (SSSR count). The molecule has 0 bridgehead atoms. The van der Waals surface area contributed by atoms with Crippen LogP contribution in [-0.2, 0) is 4.79 Å². The fraction of sp³-hybridized carbons (Fsp3) is 0.611. The molecule has 1 amide bonds. The lowest BCUT2D eigenvalue weighted by molar-refractivity contribution is -0.119. The molecule has 126 valence electrons. The Morgan fingerprint density at radius 2 is 2.22 bits per heavy atom. The minimum absolute atomic E-state index is 0.157. The number of carbonyl (C=O) groups excluding carboxylic acids is 1. The zero-order valence-electron chi connectivity index (χ0n) is 14.0. The van der Waals surface area contributed by atoms with E-state index in [0.717, 1.165) is 31.0 Å². The quantitative estimate of drug-likeness (QED) is 0.930. The summed E-state index contributed by atoms with van der Waals surface area (Å²) in [4.78, 5) is 16.6. The van der Waals surface area contributed by atoms with Crippen LogP contribution in [0.3, 0.4) is 0 Å². The maximum absolute atomic E-state index is 13.5. The monoisotopic (exact) mass is 319 g/mol. The number of fused-ring (bicyclic) bond motifs is 1. The normalized spacial score (nSPS) is 22.7. The molecule has 2 aliphatic heterocycles. The zero-order chi connectivity index (χ0) is 16.4. The van der Waals surface area contributed by atoms with E-state index in [1.165, 1.54) is 25.0 Å². The van der Waals surface area contributed by atoms with Gasteiger partial charge in [-0.2, -0.15) is 0 Å². The Morgan fingerprint density at radius 3 is 2.96 bits per heavy atom. The van der Waals surface area contributed by atoms with E-state index in [-0.39, 0.29) is 11.7 Å². The van der Waals surface area contributed by atoms with Gasteiger partial charge in [-0.1, -0.05) is 6.92 Å². The highest BCUT2D eigenvalue weighted by atomic mass is 19.1. The molecule has 0 aliphatic carbocycles. The summed E-state index contributed by atoms with van der Waals surface area (Å²) in [5.74, 6) is 0.849. The van der Waals surface area contributed by atoms with Crippen LogP contribution in [0.5, 0.6) is 0 Å². The molecule has 1 fully saturated rings. The number of hydrogen-bond donors (Lipinski definition) is 1. The highest BCUT2D eigenvalue weighted by Crippen LogP contribution is 2.34. The highest BCUT2D eigenvalue weighted by molar-refractivity contribution is 5.97. The third-order valence-corrected chi connectivity index (χ3v) is 5.24. The van der Waals surface area contributed by atoms with Crippen LogP contribution in [0.2, 0.25) is 0 Å². The standard InChI is InChI=1S/C18H26FN3O/c1-13(14-4-3-7-20-12-14)10-18(23)22-9-8-21(2)17-11-15(19)5-6-16(17)22/h5-6,11,13-14,20H,3-4,7-10,12H2,1-2H3. The van der Waals surface area contributed by atoms with Crippen molar-refractivity contribution >= 4 is 17.3 Å². The number of nitrogens with one attached hydrogen (secondary N) is 1. The molecule has 0 saturated carbocycles. The topological polar surface area (TPSA) is 35.6 Å². The Labute approximate surface area is 137 Å². The van der Waals surface area contributed by atoms with Gasteiger partial charge in [-0.15, -0.1) is 0 Å². The van der Waals surface area contributed by atoms with Gasteiger partial charge in [0.1, 0.15) is 5.82 Å². The molecule has 0 radical (unpaired) electrons. The smallest absolute Gasteiger partial charge is 0.227 e. The number of carbonyl (C=O) groups is 1. The second-order valence-corrected chi connectivity index (χ2v) is 6.89. The van der Waals surface area contributed by atoms with Gasteiger partial charge in [0.2, 0.25) is 5.91 Å². The van der Waals surface area contributed by atoms with E-state index < -0.39 is 0 Å². The Balaban J connectivity index is 1.71. The zero-order valence-corrected chi connectivity index (χ0v) is 14.0. The molecule has 2 heterocycles. The summed E-state index contributed by atoms with van der Waals surface area (Å²) in [6.45, 7) is 5.69. The van der Waals surface area contributed by atoms with Crippen molar-refractivity contribution in [3.63, 3.8) is 0 Å². The minimum Gasteiger partial charge on any atom is -0.371 e. The number of hydrogen-bond acceptors (Lipinski definition) is 3. The van der Waals surface area contributed by atoms with Gasteiger partial charge >= 0.3 is 0 Å². The molecule has 0 spiro atoms. The van der Waals surface area contributed by atoms with Crippen molar-refractivity contribution in [2.24, 2.45) is 11.8 Å². The van der Waals surface area contributed by atoms with E-state index in [4.69, 9.17) is 0 Å². The molecule has 1 saturated heterocycles. The Morgan fingerprint density at radius 1 is 1.39 bits per heavy atom. The number of anilines is 2. The van der Waals surface area contributed by atoms with Crippen molar-refractivity contribution in [3.05, 3.63) is 24.0 Å². The number of rotatable bonds is 3. The van der Waals surface area contributed by atoms with Gasteiger partial charge in [0, 0.05) is 26.6 Å². The molecule has 1 aromatic carbocycles. The average Bonchev–Trinajstić information content (AvgIpc) is 2.56. The number of likely N-dealkylation sites (N-methyl/N-ethyl adjacent to an activating group) is 1. The molecule has 4 nitrogen and oxygen atoms in total. The SMILES string of the molecule is CC(CC(=O)N1CCN(C)c2cc(F)ccc21)C1CCCNC1. The van der Waals surface area contributed by atoms with Crippen LogP contribution >= 0.6 is 0 Å². The van der Waals surface area contributed by atoms with Crippen LogP contribution in [0.4, 0.5) is 15.8 Å². The first-order valence-corrected chi connectivity index (χ1v) is 8.58. The molecule has 2 atom stereocenters. The summed E-state index contributed by atoms with van der Waals surface area (Å²) in [5, 5.41) is 3.42. The first kappa shape index (κ1) is 16.2. The fourth-order valence-corrected chi connectivity index (χ4v) is 3.70. The maximum Gasteiger partial charge on any atom is 0.227 e. The molecule has 1 aromatic rings. The van der Waals surface area contributed by atoms with Crippen molar-refractivity contribution in [1.82, 2.24) is 5.32 Å². The van der Waals surface area contributed by atoms with Crippen LogP contribution in [0.1, 0.15) is 26.2 Å². The predicted octanol–water partition coefficient (Wildman–Crippen LogP) is 2.63. The Kier molecular flexibility index (Phi) is 4.85. The van der Waals surface area contributed by atoms with Gasteiger partial charge in [-0.05, 0) is 56.0 Å². The van der Waals surface area contributed by atoms with Crippen LogP contribution in [0.15, 0.2) is 18.2 Å². The number of nitrogens with zero attached hydrogens (tertiary/aromatic N) is 2. The molecule has 23 heavy (non-hydrogen) atoms. The number of halogens is 1. The van der Waals surface area contributed by atoms with Gasteiger partial charge in [0.05, 0.1) is 11.4 Å². The summed E-state index contributed by atoms with van der Waals surface area (Å²) in [6.07, 6.45) is 2.96. The maximum atomic E-state index is 13.5. The van der Waals surface area contributed by atoms with Crippen molar-refractivity contribution < 1.29 is 9.18 Å². The summed E-state index contributed by atoms with van der Waals surface area (Å²) in [5.41, 5.74) is 1.63. The minimum atomic E-state index is -0.258. The Bertz CT molecular complexity index is 571. The second kappa shape index (κ2) is 6.87. The third-order valence-electron chi connectivity index (χ3n) is 5.24. The molecular formula is C18H26FN3O. The summed E-state index contributed by atoms with van der Waals surface area (Å²) in [7, 11) is 1.94. The second-order valence-electron chi connectivity index (χ2n) is 6.89. The van der Waals surface area contributed by atoms with E-state index in [1.807, 2.05) is 16.8 Å². The lowest BCUT2D eigenvalue weighted by atomic mass is 9.85. The number of amides is 1. The van der Waals surface area contributed by atoms with Gasteiger partial charge in [0.15, 0.2) is 0 Å². The van der Waals surface area contributed by atoms with Gasteiger partial charge in [-0.25, -0.2) is 4.39 Å². The van der Waals surface area contributed by atoms with Crippen LogP contribution in [0.25, 0.3) is 0 Å². The molecule has 0 aromatic heterocycles. The average molecular weight is 319 g/mol. The Hall–Kier alpha value is -1.62. The van der Waals surface area contributed by atoms with Crippen LogP contribution in [0, 0.1) is 17.7 Å². The van der Waals surface area contributed by atoms with Gasteiger partial charge in [0.25, 0.3) is 0 Å². The largest absolute Gasteiger partial charge is 0.371 e. The van der Waals surface area contributed by atoms with E-state index in [2.05, 4.69) is 12.2 Å². The van der Waals surface area contributed by atoms with Gasteiger partial charge in [-0.3, -0.25) is 4.79 Å². The lowest BCUT2D eigenvalue weighted by Gasteiger charge is -2.37. The fourth-order valence-electron chi connectivity index (χ4n) is 3.70. The molecule has 5 heteroatoms. The van der Waals surface area contributed by atoms with Crippen molar-refractivity contribution in [2.75, 3.05) is 43.0 Å². The van der Waals surface area contributed by atoms with Crippen molar-refractivity contribution in [2.45, 2.75) is 26.2 Å². The molecule has 2 unspecified atom stereocenters. The molecule has 2 aliphatic rings. The van der Waals surface area contributed by atoms with Crippen molar-refractivity contribution in [1.29, 1.82) is 0 Å². The predicted molar refractivity (Wildman–Crippen MR) is 91.4 cm³/mol. The van der Waals surface area contributed by atoms with Crippen LogP contribution in [-0.4, -0.2) is 39.1 Å². The summed E-state index contributed by atoms with van der Waals surface area (Å²) < 4.78 is 13.5. The first-order valence-electron chi connectivity index (χ1n) is 8.58. The van der Waals surface area contributed by atoms with E-state index in [0.29, 0.717) is 24.8 Å². The lowest BCUT2D eigenvalue weighted by Crippen LogP contribution is -2.44. The van der Waals surface area contributed by atoms with E-state index in [9.17, 15) is 9.18 Å².